The third kappa shape index (κ3) is 3.32. The summed E-state index contributed by atoms with van der Waals surface area (Å²) in [4.78, 5) is 23.9. The largest absolute Gasteiger partial charge is 0.375 e. The quantitative estimate of drug-likeness (QED) is 0.700. The highest BCUT2D eigenvalue weighted by Crippen LogP contribution is 2.29. The lowest BCUT2D eigenvalue weighted by Crippen LogP contribution is -2.38. The second-order valence-electron chi connectivity index (χ2n) is 7.41. The zero-order valence-corrected chi connectivity index (χ0v) is 15.2. The van der Waals surface area contributed by atoms with Gasteiger partial charge in [-0.1, -0.05) is 24.3 Å². The van der Waals surface area contributed by atoms with Crippen molar-refractivity contribution in [3.05, 3.63) is 59.8 Å². The summed E-state index contributed by atoms with van der Waals surface area (Å²) in [6, 6.07) is 11.6. The summed E-state index contributed by atoms with van der Waals surface area (Å²) < 4.78 is 7.94. The maximum Gasteiger partial charge on any atom is 0.272 e. The molecule has 138 valence electrons. The van der Waals surface area contributed by atoms with E-state index in [4.69, 9.17) is 4.74 Å². The number of benzene rings is 1. The van der Waals surface area contributed by atoms with Crippen LogP contribution in [0.4, 0.5) is 0 Å². The number of hydrogen-bond donors (Lipinski definition) is 0. The van der Waals surface area contributed by atoms with Crippen molar-refractivity contribution < 1.29 is 9.53 Å². The molecule has 3 aromatic rings. The Morgan fingerprint density at radius 1 is 1.15 bits per heavy atom. The molecular formula is C21H22N4O2. The number of aromatic nitrogens is 3. The minimum atomic E-state index is -0.0296. The average molecular weight is 362 g/mol. The Morgan fingerprint density at radius 3 is 2.93 bits per heavy atom. The van der Waals surface area contributed by atoms with Gasteiger partial charge in [0.25, 0.3) is 5.91 Å². The van der Waals surface area contributed by atoms with Gasteiger partial charge in [-0.05, 0) is 30.9 Å². The summed E-state index contributed by atoms with van der Waals surface area (Å²) in [6.45, 7) is 3.31. The van der Waals surface area contributed by atoms with Gasteiger partial charge in [0.1, 0.15) is 5.69 Å². The van der Waals surface area contributed by atoms with Crippen molar-refractivity contribution in [1.82, 2.24) is 19.4 Å². The van der Waals surface area contributed by atoms with E-state index in [1.165, 1.54) is 12.8 Å². The van der Waals surface area contributed by atoms with Crippen LogP contribution in [0.25, 0.3) is 10.9 Å². The van der Waals surface area contributed by atoms with Crippen molar-refractivity contribution in [1.29, 1.82) is 0 Å². The first-order chi connectivity index (χ1) is 13.3. The van der Waals surface area contributed by atoms with E-state index < -0.39 is 0 Å². The average Bonchev–Trinajstić information content (AvgIpc) is 3.46. The monoisotopic (exact) mass is 362 g/mol. The van der Waals surface area contributed by atoms with E-state index in [-0.39, 0.29) is 5.91 Å². The van der Waals surface area contributed by atoms with Crippen molar-refractivity contribution in [3.63, 3.8) is 0 Å². The summed E-state index contributed by atoms with van der Waals surface area (Å²) >= 11 is 0. The molecule has 5 rings (SSSR count). The minimum absolute atomic E-state index is 0.0296. The lowest BCUT2D eigenvalue weighted by molar-refractivity contribution is 0.0698. The molecule has 0 radical (unpaired) electrons. The number of hydrogen-bond acceptors (Lipinski definition) is 4. The topological polar surface area (TPSA) is 60.2 Å². The Bertz CT molecular complexity index is 993. The zero-order chi connectivity index (χ0) is 18.2. The normalized spacial score (nSPS) is 16.5. The van der Waals surface area contributed by atoms with Gasteiger partial charge >= 0.3 is 0 Å². The van der Waals surface area contributed by atoms with Crippen LogP contribution < -0.4 is 0 Å². The second-order valence-corrected chi connectivity index (χ2v) is 7.41. The molecule has 0 saturated heterocycles. The van der Waals surface area contributed by atoms with Gasteiger partial charge in [-0.2, -0.15) is 0 Å². The van der Waals surface area contributed by atoms with E-state index in [2.05, 4.69) is 14.5 Å². The van der Waals surface area contributed by atoms with Crippen LogP contribution in [0, 0.1) is 5.92 Å². The summed E-state index contributed by atoms with van der Waals surface area (Å²) in [5, 5.41) is 1.04. The number of carbonyl (C=O) groups excluding carboxylic acids is 1. The minimum Gasteiger partial charge on any atom is -0.375 e. The van der Waals surface area contributed by atoms with E-state index in [1.807, 2.05) is 47.6 Å². The number of ether oxygens (including phenoxy) is 1. The van der Waals surface area contributed by atoms with Gasteiger partial charge in [0.15, 0.2) is 0 Å². The molecule has 0 bridgehead atoms. The van der Waals surface area contributed by atoms with Crippen LogP contribution in [0.2, 0.25) is 0 Å². The fourth-order valence-corrected chi connectivity index (χ4v) is 3.56. The lowest BCUT2D eigenvalue weighted by atomic mass is 10.2. The number of amides is 1. The molecule has 6 heteroatoms. The predicted molar refractivity (Wildman–Crippen MR) is 101 cm³/mol. The van der Waals surface area contributed by atoms with Crippen LogP contribution in [0.3, 0.4) is 0 Å². The molecule has 27 heavy (non-hydrogen) atoms. The van der Waals surface area contributed by atoms with Crippen molar-refractivity contribution >= 4 is 16.8 Å². The molecule has 0 unspecified atom stereocenters. The second kappa shape index (κ2) is 6.78. The zero-order valence-electron chi connectivity index (χ0n) is 15.2. The highest BCUT2D eigenvalue weighted by atomic mass is 16.5. The highest BCUT2D eigenvalue weighted by Gasteiger charge is 2.26. The van der Waals surface area contributed by atoms with Crippen molar-refractivity contribution in [2.45, 2.75) is 32.5 Å². The van der Waals surface area contributed by atoms with E-state index in [1.54, 1.807) is 0 Å². The highest BCUT2D eigenvalue weighted by molar-refractivity contribution is 5.94. The molecule has 6 nitrogen and oxygen atoms in total. The first-order valence-corrected chi connectivity index (χ1v) is 9.53. The lowest BCUT2D eigenvalue weighted by Gasteiger charge is -2.28. The van der Waals surface area contributed by atoms with Gasteiger partial charge in [-0.3, -0.25) is 4.79 Å². The van der Waals surface area contributed by atoms with E-state index in [9.17, 15) is 4.79 Å². The van der Waals surface area contributed by atoms with Gasteiger partial charge in [0.2, 0.25) is 0 Å². The van der Waals surface area contributed by atoms with Crippen molar-refractivity contribution in [2.75, 3.05) is 13.2 Å². The van der Waals surface area contributed by atoms with Gasteiger partial charge in [-0.15, -0.1) is 0 Å². The summed E-state index contributed by atoms with van der Waals surface area (Å²) in [5.74, 6) is 0.707. The van der Waals surface area contributed by atoms with Crippen LogP contribution in [-0.4, -0.2) is 38.5 Å². The molecule has 1 aromatic carbocycles. The van der Waals surface area contributed by atoms with Crippen LogP contribution in [-0.2, 0) is 24.4 Å². The number of fused-ring (bicyclic) bond motifs is 2. The third-order valence-electron chi connectivity index (χ3n) is 5.38. The maximum atomic E-state index is 13.0. The SMILES string of the molecule is O=C(c1ccc2ccccc2n1)N1CCn2cnc(COCC3CC3)c2C1. The number of para-hydroxylation sites is 1. The van der Waals surface area contributed by atoms with Gasteiger partial charge < -0.3 is 14.2 Å². The first kappa shape index (κ1) is 16.4. The summed E-state index contributed by atoms with van der Waals surface area (Å²) in [6.07, 6.45) is 4.42. The fourth-order valence-electron chi connectivity index (χ4n) is 3.56. The molecule has 2 aliphatic rings. The van der Waals surface area contributed by atoms with Gasteiger partial charge in [-0.25, -0.2) is 9.97 Å². The molecule has 3 heterocycles. The van der Waals surface area contributed by atoms with Crippen LogP contribution in [0.1, 0.15) is 34.7 Å². The standard InChI is InChI=1S/C21H22N4O2/c26-21(18-8-7-16-3-1-2-4-17(16)23-18)24-9-10-25-14-22-19(20(25)11-24)13-27-12-15-5-6-15/h1-4,7-8,14-15H,5-6,9-13H2. The Labute approximate surface area is 157 Å². The number of rotatable bonds is 5. The van der Waals surface area contributed by atoms with Gasteiger partial charge in [0, 0.05) is 25.1 Å². The molecule has 1 amide bonds. The van der Waals surface area contributed by atoms with Crippen molar-refractivity contribution in [2.24, 2.45) is 5.92 Å². The molecule has 0 spiro atoms. The first-order valence-electron chi connectivity index (χ1n) is 9.53. The van der Waals surface area contributed by atoms with E-state index >= 15 is 0 Å². The molecule has 1 fully saturated rings. The Kier molecular flexibility index (Phi) is 4.13. The molecular weight excluding hydrogens is 340 g/mol. The summed E-state index contributed by atoms with van der Waals surface area (Å²) in [5.41, 5.74) is 3.36. The Morgan fingerprint density at radius 2 is 2.04 bits per heavy atom. The molecule has 2 aromatic heterocycles. The number of nitrogens with zero attached hydrogens (tertiary/aromatic N) is 4. The fraction of sp³-hybridized carbons (Fsp3) is 0.381. The van der Waals surface area contributed by atoms with E-state index in [0.29, 0.717) is 25.4 Å². The molecule has 0 atom stereocenters. The Hall–Kier alpha value is -2.73. The Balaban J connectivity index is 1.32. The maximum absolute atomic E-state index is 13.0. The van der Waals surface area contributed by atoms with Crippen LogP contribution in [0.5, 0.6) is 0 Å². The van der Waals surface area contributed by atoms with E-state index in [0.717, 1.165) is 41.4 Å². The molecule has 1 saturated carbocycles. The number of carbonyl (C=O) groups is 1. The van der Waals surface area contributed by atoms with Crippen LogP contribution in [0.15, 0.2) is 42.7 Å². The van der Waals surface area contributed by atoms with Gasteiger partial charge in [0.05, 0.1) is 36.4 Å². The molecule has 1 aliphatic heterocycles. The molecule has 1 aliphatic carbocycles. The summed E-state index contributed by atoms with van der Waals surface area (Å²) in [7, 11) is 0. The number of imidazole rings is 1. The van der Waals surface area contributed by atoms with Crippen molar-refractivity contribution in [3.8, 4) is 0 Å². The number of pyridine rings is 1. The third-order valence-corrected chi connectivity index (χ3v) is 5.38. The molecule has 0 N–H and O–H groups in total. The smallest absolute Gasteiger partial charge is 0.272 e. The predicted octanol–water partition coefficient (Wildman–Crippen LogP) is 3.01. The van der Waals surface area contributed by atoms with Crippen LogP contribution >= 0.6 is 0 Å².